The summed E-state index contributed by atoms with van der Waals surface area (Å²) in [7, 11) is 0. The van der Waals surface area contributed by atoms with Crippen molar-refractivity contribution in [1.82, 2.24) is 0 Å². The summed E-state index contributed by atoms with van der Waals surface area (Å²) in [4.78, 5) is 15.5. The second kappa shape index (κ2) is 3.13. The third-order valence-corrected chi connectivity index (χ3v) is 2.38. The number of fused-ring (bicyclic) bond motifs is 1. The second-order valence-electron chi connectivity index (χ2n) is 3.29. The highest BCUT2D eigenvalue weighted by Crippen LogP contribution is 2.23. The number of ketones is 1. The van der Waals surface area contributed by atoms with Crippen LogP contribution in [0.15, 0.2) is 29.3 Å². The summed E-state index contributed by atoms with van der Waals surface area (Å²) < 4.78 is 0. The Hall–Kier alpha value is -1.44. The van der Waals surface area contributed by atoms with Gasteiger partial charge < -0.3 is 0 Å². The lowest BCUT2D eigenvalue weighted by Crippen LogP contribution is -2.17. The maximum absolute atomic E-state index is 11.3. The number of benzene rings is 1. The first-order valence-electron chi connectivity index (χ1n) is 4.38. The van der Waals surface area contributed by atoms with Crippen molar-refractivity contribution >= 4 is 12.0 Å². The minimum atomic E-state index is -0.0267. The van der Waals surface area contributed by atoms with Gasteiger partial charge in [0, 0.05) is 6.21 Å². The fraction of sp³-hybridized carbons (Fsp3) is 0.273. The molecule has 0 saturated carbocycles. The Kier molecular flexibility index (Phi) is 1.97. The summed E-state index contributed by atoms with van der Waals surface area (Å²) in [6, 6.07) is 7.93. The Balaban J connectivity index is 2.49. The Morgan fingerprint density at radius 1 is 1.46 bits per heavy atom. The molecule has 0 N–H and O–H groups in total. The van der Waals surface area contributed by atoms with E-state index >= 15 is 0 Å². The van der Waals surface area contributed by atoms with Crippen LogP contribution in [-0.2, 0) is 4.79 Å². The maximum atomic E-state index is 11.3. The van der Waals surface area contributed by atoms with Crippen molar-refractivity contribution in [3.8, 4) is 0 Å². The zero-order valence-corrected chi connectivity index (χ0v) is 7.53. The first-order chi connectivity index (χ1) is 6.29. The Labute approximate surface area is 77.3 Å². The number of aliphatic imine (C=N–C) groups is 1. The number of nitrogens with zero attached hydrogens (tertiary/aromatic N) is 1. The molecule has 2 heteroatoms. The van der Waals surface area contributed by atoms with Crippen molar-refractivity contribution in [3.63, 3.8) is 0 Å². The van der Waals surface area contributed by atoms with E-state index in [1.807, 2.05) is 30.5 Å². The minimum Gasteiger partial charge on any atom is -0.299 e. The summed E-state index contributed by atoms with van der Waals surface area (Å²) in [6.07, 6.45) is 1.84. The number of carbonyl (C=O) groups is 1. The average Bonchev–Trinajstić information content (AvgIpc) is 2.17. The zero-order valence-electron chi connectivity index (χ0n) is 7.53. The van der Waals surface area contributed by atoms with Crippen molar-refractivity contribution in [1.29, 1.82) is 0 Å². The van der Waals surface area contributed by atoms with Gasteiger partial charge in [-0.3, -0.25) is 9.79 Å². The van der Waals surface area contributed by atoms with Crippen LogP contribution >= 0.6 is 0 Å². The zero-order chi connectivity index (χ0) is 9.26. The predicted molar refractivity (Wildman–Crippen MR) is 52.3 cm³/mol. The van der Waals surface area contributed by atoms with E-state index in [-0.39, 0.29) is 11.7 Å². The lowest BCUT2D eigenvalue weighted by Gasteiger charge is -2.17. The molecule has 0 spiro atoms. The molecule has 0 aliphatic carbocycles. The molecule has 1 aromatic rings. The molecule has 1 unspecified atom stereocenters. The van der Waals surface area contributed by atoms with Crippen LogP contribution < -0.4 is 0 Å². The highest BCUT2D eigenvalue weighted by Gasteiger charge is 2.20. The molecule has 0 aromatic heterocycles. The van der Waals surface area contributed by atoms with Crippen LogP contribution in [0.2, 0.25) is 0 Å². The third kappa shape index (κ3) is 1.39. The molecule has 1 aliphatic rings. The van der Waals surface area contributed by atoms with Gasteiger partial charge in [0.25, 0.3) is 0 Å². The number of hydrogen-bond acceptors (Lipinski definition) is 2. The monoisotopic (exact) mass is 173 g/mol. The van der Waals surface area contributed by atoms with E-state index in [1.165, 1.54) is 0 Å². The maximum Gasteiger partial charge on any atom is 0.139 e. The molecule has 2 nitrogen and oxygen atoms in total. The van der Waals surface area contributed by atoms with E-state index in [0.717, 1.165) is 11.1 Å². The van der Waals surface area contributed by atoms with E-state index < -0.39 is 0 Å². The molecule has 13 heavy (non-hydrogen) atoms. The number of hydrogen-bond donors (Lipinski definition) is 0. The first-order valence-corrected chi connectivity index (χ1v) is 4.38. The van der Waals surface area contributed by atoms with E-state index in [2.05, 4.69) is 4.99 Å². The Morgan fingerprint density at radius 3 is 3.00 bits per heavy atom. The van der Waals surface area contributed by atoms with E-state index in [0.29, 0.717) is 6.54 Å². The number of Topliss-reactive ketones (excluding diaryl/α,β-unsaturated/α-hetero) is 1. The lowest BCUT2D eigenvalue weighted by atomic mass is 9.90. The normalized spacial score (nSPS) is 19.6. The van der Waals surface area contributed by atoms with Gasteiger partial charge in [-0.2, -0.15) is 0 Å². The van der Waals surface area contributed by atoms with E-state index in [9.17, 15) is 4.79 Å². The topological polar surface area (TPSA) is 29.4 Å². The number of rotatable bonds is 1. The van der Waals surface area contributed by atoms with Crippen molar-refractivity contribution in [3.05, 3.63) is 35.4 Å². The van der Waals surface area contributed by atoms with Crippen molar-refractivity contribution in [2.45, 2.75) is 12.8 Å². The highest BCUT2D eigenvalue weighted by atomic mass is 16.1. The second-order valence-corrected chi connectivity index (χ2v) is 3.29. The highest BCUT2D eigenvalue weighted by molar-refractivity contribution is 5.91. The molecule has 0 amide bonds. The number of carbonyl (C=O) groups excluding carboxylic acids is 1. The standard InChI is InChI=1S/C11H11NO/c1-8(13)11-7-12-6-9-4-2-3-5-10(9)11/h2-6,11H,7H2,1H3. The average molecular weight is 173 g/mol. The Bertz CT molecular complexity index is 368. The summed E-state index contributed by atoms with van der Waals surface area (Å²) >= 11 is 0. The molecule has 1 atom stereocenters. The van der Waals surface area contributed by atoms with Crippen LogP contribution in [0.3, 0.4) is 0 Å². The van der Waals surface area contributed by atoms with Crippen molar-refractivity contribution in [2.75, 3.05) is 6.54 Å². The molecule has 1 aliphatic heterocycles. The molecule has 0 bridgehead atoms. The van der Waals surface area contributed by atoms with Gasteiger partial charge in [-0.05, 0) is 18.1 Å². The van der Waals surface area contributed by atoms with Crippen molar-refractivity contribution < 1.29 is 4.79 Å². The molecule has 0 fully saturated rings. The first kappa shape index (κ1) is 8.17. The minimum absolute atomic E-state index is 0.0267. The summed E-state index contributed by atoms with van der Waals surface area (Å²) in [5.74, 6) is 0.172. The molecule has 2 rings (SSSR count). The third-order valence-electron chi connectivity index (χ3n) is 2.38. The van der Waals surface area contributed by atoms with E-state index in [1.54, 1.807) is 6.92 Å². The van der Waals surface area contributed by atoms with Crippen LogP contribution in [0.25, 0.3) is 0 Å². The molecular formula is C11H11NO. The predicted octanol–water partition coefficient (Wildman–Crippen LogP) is 1.79. The van der Waals surface area contributed by atoms with Gasteiger partial charge >= 0.3 is 0 Å². The molecule has 1 aromatic carbocycles. The van der Waals surface area contributed by atoms with Crippen LogP contribution in [0.1, 0.15) is 24.0 Å². The van der Waals surface area contributed by atoms with Gasteiger partial charge in [-0.25, -0.2) is 0 Å². The van der Waals surface area contributed by atoms with Gasteiger partial charge in [-0.15, -0.1) is 0 Å². The molecule has 66 valence electrons. The smallest absolute Gasteiger partial charge is 0.139 e. The van der Waals surface area contributed by atoms with Gasteiger partial charge in [-0.1, -0.05) is 24.3 Å². The van der Waals surface area contributed by atoms with Gasteiger partial charge in [0.1, 0.15) is 5.78 Å². The summed E-state index contributed by atoms with van der Waals surface area (Å²) in [5.41, 5.74) is 2.19. The van der Waals surface area contributed by atoms with Crippen LogP contribution in [-0.4, -0.2) is 18.5 Å². The Morgan fingerprint density at radius 2 is 2.23 bits per heavy atom. The largest absolute Gasteiger partial charge is 0.299 e. The lowest BCUT2D eigenvalue weighted by molar-refractivity contribution is -0.118. The van der Waals surface area contributed by atoms with Gasteiger partial charge in [0.15, 0.2) is 0 Å². The fourth-order valence-electron chi connectivity index (χ4n) is 1.65. The van der Waals surface area contributed by atoms with Crippen LogP contribution in [0, 0.1) is 0 Å². The fourth-order valence-corrected chi connectivity index (χ4v) is 1.65. The van der Waals surface area contributed by atoms with Gasteiger partial charge in [0.05, 0.1) is 12.5 Å². The molecular weight excluding hydrogens is 162 g/mol. The van der Waals surface area contributed by atoms with Crippen molar-refractivity contribution in [2.24, 2.45) is 4.99 Å². The van der Waals surface area contributed by atoms with E-state index in [4.69, 9.17) is 0 Å². The van der Waals surface area contributed by atoms with Crippen LogP contribution in [0.4, 0.5) is 0 Å². The quantitative estimate of drug-likeness (QED) is 0.636. The SMILES string of the molecule is CC(=O)C1CN=Cc2ccccc21. The molecule has 1 heterocycles. The molecule has 0 saturated heterocycles. The summed E-state index contributed by atoms with van der Waals surface area (Å²) in [6.45, 7) is 2.23. The summed E-state index contributed by atoms with van der Waals surface area (Å²) in [5, 5.41) is 0. The van der Waals surface area contributed by atoms with Gasteiger partial charge in [0.2, 0.25) is 0 Å². The molecule has 0 radical (unpaired) electrons. The van der Waals surface area contributed by atoms with Crippen LogP contribution in [0.5, 0.6) is 0 Å².